The predicted octanol–water partition coefficient (Wildman–Crippen LogP) is -0.342. The molecule has 5 heavy (non-hydrogen) atoms. The molecule has 0 unspecified atom stereocenters. The molecule has 0 saturated heterocycles. The predicted molar refractivity (Wildman–Crippen MR) is 19.4 cm³/mol. The molecule has 1 amide bonds. The van der Waals surface area contributed by atoms with Crippen LogP contribution in [0.15, 0.2) is 12.6 Å². The lowest BCUT2D eigenvalue weighted by molar-refractivity contribution is -0.113. The van der Waals surface area contributed by atoms with Crippen LogP contribution in [0.5, 0.6) is 0 Å². The third-order valence-electron chi connectivity index (χ3n) is 0.164. The second-order valence-corrected chi connectivity index (χ2v) is 0.569. The topological polar surface area (TPSA) is 43.1 Å². The van der Waals surface area contributed by atoms with Crippen molar-refractivity contribution in [1.82, 2.24) is 0 Å². The normalized spacial score (nSPS) is 11.6. The number of hydrogen-bond donors (Lipinski definition) is 1. The van der Waals surface area contributed by atoms with Gasteiger partial charge in [-0.2, -0.15) is 0 Å². The van der Waals surface area contributed by atoms with Crippen molar-refractivity contribution in [2.75, 3.05) is 0 Å². The molecule has 0 radical (unpaired) electrons. The van der Waals surface area contributed by atoms with Crippen molar-refractivity contribution < 1.29 is 6.17 Å². The summed E-state index contributed by atoms with van der Waals surface area (Å²) >= 11 is 0. The first kappa shape index (κ1) is 2.45. The Kier molecular flexibility index (Phi) is 0.745. The van der Waals surface area contributed by atoms with Gasteiger partial charge in [0.2, 0.25) is 5.91 Å². The minimum absolute atomic E-state index is 0.579. The maximum absolute atomic E-state index is 9.61. The highest BCUT2D eigenvalue weighted by Crippen LogP contribution is 1.48. The number of amides is 1. The van der Waals surface area contributed by atoms with E-state index < -0.39 is 5.91 Å². The highest BCUT2D eigenvalue weighted by atomic mass is 16.1. The van der Waals surface area contributed by atoms with Crippen LogP contribution in [0, 0.1) is 0 Å². The lowest BCUT2D eigenvalue weighted by Gasteiger charge is -1.65. The third kappa shape index (κ3) is 3.21. The Morgan fingerprint density at radius 3 is 3.00 bits per heavy atom. The van der Waals surface area contributed by atoms with Crippen LogP contribution in [0.1, 0.15) is 1.37 Å². The average Bonchev–Trinajstić information content (AvgIpc) is 1.35. The SMILES string of the molecule is [2H]/C=C/C(N)=O. The summed E-state index contributed by atoms with van der Waals surface area (Å²) in [6, 6.07) is 0. The van der Waals surface area contributed by atoms with Crippen LogP contribution in [-0.4, -0.2) is 5.91 Å². The van der Waals surface area contributed by atoms with E-state index in [-0.39, 0.29) is 0 Å². The first-order valence-corrected chi connectivity index (χ1v) is 1.11. The molecule has 0 heterocycles. The van der Waals surface area contributed by atoms with Gasteiger partial charge in [0.25, 0.3) is 0 Å². The monoisotopic (exact) mass is 72.0 g/mol. The van der Waals surface area contributed by atoms with Crippen molar-refractivity contribution in [1.29, 1.82) is 0 Å². The van der Waals surface area contributed by atoms with E-state index >= 15 is 0 Å². The van der Waals surface area contributed by atoms with Crippen molar-refractivity contribution in [2.45, 2.75) is 0 Å². The van der Waals surface area contributed by atoms with E-state index in [1.54, 1.807) is 0 Å². The van der Waals surface area contributed by atoms with E-state index in [1.807, 2.05) is 0 Å². The summed E-state index contributed by atoms with van der Waals surface area (Å²) in [5, 5.41) is 0. The molecule has 0 atom stereocenters. The Hall–Kier alpha value is -0.790. The van der Waals surface area contributed by atoms with E-state index in [1.165, 1.54) is 0 Å². The number of hydrogen-bond acceptors (Lipinski definition) is 1. The number of primary amides is 1. The van der Waals surface area contributed by atoms with Crippen LogP contribution >= 0.6 is 0 Å². The zero-order valence-electron chi connectivity index (χ0n) is 3.64. The minimum Gasteiger partial charge on any atom is -0.366 e. The van der Waals surface area contributed by atoms with Gasteiger partial charge in [-0.05, 0) is 6.08 Å². The molecule has 28 valence electrons. The van der Waals surface area contributed by atoms with Crippen molar-refractivity contribution >= 4 is 5.91 Å². The lowest BCUT2D eigenvalue weighted by atomic mass is 10.6. The van der Waals surface area contributed by atoms with E-state index in [4.69, 9.17) is 1.37 Å². The van der Waals surface area contributed by atoms with Gasteiger partial charge in [-0.25, -0.2) is 0 Å². The molecule has 0 aromatic carbocycles. The van der Waals surface area contributed by atoms with E-state index in [9.17, 15) is 4.79 Å². The quantitative estimate of drug-likeness (QED) is 0.423. The maximum atomic E-state index is 9.61. The second kappa shape index (κ2) is 1.52. The third-order valence-corrected chi connectivity index (χ3v) is 0.164. The fourth-order valence-electron chi connectivity index (χ4n) is 0. The molecule has 0 aromatic heterocycles. The summed E-state index contributed by atoms with van der Waals surface area (Å²) in [5.74, 6) is -0.579. The molecule has 0 fully saturated rings. The molecular weight excluding hydrogens is 66.0 g/mol. The van der Waals surface area contributed by atoms with Crippen LogP contribution < -0.4 is 5.73 Å². The molecule has 0 spiro atoms. The molecule has 0 aliphatic rings. The van der Waals surface area contributed by atoms with E-state index in [0.717, 1.165) is 12.6 Å². The molecule has 0 bridgehead atoms. The molecule has 0 aliphatic heterocycles. The van der Waals surface area contributed by atoms with Crippen LogP contribution in [-0.2, 0) is 4.79 Å². The van der Waals surface area contributed by atoms with Gasteiger partial charge in [-0.1, -0.05) is 6.55 Å². The summed E-state index contributed by atoms with van der Waals surface area (Å²) in [7, 11) is 0. The molecule has 0 rings (SSSR count). The van der Waals surface area contributed by atoms with Crippen LogP contribution in [0.25, 0.3) is 0 Å². The minimum atomic E-state index is -0.579. The van der Waals surface area contributed by atoms with Crippen molar-refractivity contribution in [3.63, 3.8) is 0 Å². The van der Waals surface area contributed by atoms with Crippen molar-refractivity contribution in [3.05, 3.63) is 12.6 Å². The first-order valence-electron chi connectivity index (χ1n) is 1.69. The summed E-state index contributed by atoms with van der Waals surface area (Å²) in [6.45, 7) is 0.850. The smallest absolute Gasteiger partial charge is 0.240 e. The molecule has 0 aliphatic carbocycles. The number of rotatable bonds is 1. The first-order chi connectivity index (χ1) is 2.77. The molecular formula is C3H5NO. The van der Waals surface area contributed by atoms with Gasteiger partial charge in [0, 0.05) is 0 Å². The van der Waals surface area contributed by atoms with Crippen molar-refractivity contribution in [3.8, 4) is 0 Å². The van der Waals surface area contributed by atoms with Crippen LogP contribution in [0.4, 0.5) is 0 Å². The molecule has 2 N–H and O–H groups in total. The fraction of sp³-hybridized carbons (Fsp3) is 0. The average molecular weight is 72.1 g/mol. The highest BCUT2D eigenvalue weighted by Gasteiger charge is 1.69. The van der Waals surface area contributed by atoms with E-state index in [0.29, 0.717) is 0 Å². The lowest BCUT2D eigenvalue weighted by Crippen LogP contribution is -2.04. The zero-order valence-corrected chi connectivity index (χ0v) is 2.64. The van der Waals surface area contributed by atoms with Crippen molar-refractivity contribution in [2.24, 2.45) is 5.73 Å². The van der Waals surface area contributed by atoms with Gasteiger partial charge in [0.05, 0.1) is 1.37 Å². The van der Waals surface area contributed by atoms with Gasteiger partial charge in [-0.15, -0.1) is 0 Å². The Bertz CT molecular complexity index is 78.9. The summed E-state index contributed by atoms with van der Waals surface area (Å²) < 4.78 is 6.25. The second-order valence-electron chi connectivity index (χ2n) is 0.569. The molecule has 2 heteroatoms. The summed E-state index contributed by atoms with van der Waals surface area (Å²) in [4.78, 5) is 9.61. The van der Waals surface area contributed by atoms with Gasteiger partial charge >= 0.3 is 0 Å². The Labute approximate surface area is 31.7 Å². The number of carbonyl (C=O) groups excluding carboxylic acids is 1. The molecule has 0 saturated carbocycles. The van der Waals surface area contributed by atoms with E-state index in [2.05, 4.69) is 5.73 Å². The summed E-state index contributed by atoms with van der Waals surface area (Å²) in [6.07, 6.45) is 0.972. The fourth-order valence-corrected chi connectivity index (χ4v) is 0. The van der Waals surface area contributed by atoms with Gasteiger partial charge in [0.15, 0.2) is 0 Å². The Morgan fingerprint density at radius 1 is 2.40 bits per heavy atom. The standard InChI is InChI=1S/C3H5NO/c1-2-3(4)5/h2H,1H2,(H2,4,5)/i1D/b2-1+. The van der Waals surface area contributed by atoms with Gasteiger partial charge in [-0.3, -0.25) is 4.79 Å². The maximum Gasteiger partial charge on any atom is 0.240 e. The molecule has 0 aromatic rings. The Morgan fingerprint density at radius 2 is 3.00 bits per heavy atom. The van der Waals surface area contributed by atoms with Crippen LogP contribution in [0.2, 0.25) is 0 Å². The van der Waals surface area contributed by atoms with Gasteiger partial charge < -0.3 is 5.73 Å². The number of carbonyl (C=O) groups is 1. The molecule has 2 nitrogen and oxygen atoms in total. The largest absolute Gasteiger partial charge is 0.366 e. The van der Waals surface area contributed by atoms with Gasteiger partial charge in [0.1, 0.15) is 0 Å². The van der Waals surface area contributed by atoms with Crippen LogP contribution in [0.3, 0.4) is 0 Å². The summed E-state index contributed by atoms with van der Waals surface area (Å²) in [5.41, 5.74) is 4.56. The highest BCUT2D eigenvalue weighted by molar-refractivity contribution is 5.84. The zero-order chi connectivity index (χ0) is 4.99. The number of nitrogens with two attached hydrogens (primary N) is 1. The Balaban J connectivity index is 3.30.